The molecule has 0 radical (unpaired) electrons. The van der Waals surface area contributed by atoms with Crippen molar-refractivity contribution in [1.82, 2.24) is 4.90 Å². The van der Waals surface area contributed by atoms with Crippen LogP contribution in [0.5, 0.6) is 5.75 Å². The van der Waals surface area contributed by atoms with Gasteiger partial charge in [0.15, 0.2) is 0 Å². The van der Waals surface area contributed by atoms with E-state index in [4.69, 9.17) is 4.74 Å². The summed E-state index contributed by atoms with van der Waals surface area (Å²) in [4.78, 5) is 27.4. The quantitative estimate of drug-likeness (QED) is 0.643. The third-order valence-electron chi connectivity index (χ3n) is 4.72. The van der Waals surface area contributed by atoms with Crippen molar-refractivity contribution >= 4 is 23.0 Å². The van der Waals surface area contributed by atoms with Crippen LogP contribution in [-0.4, -0.2) is 56.1 Å². The van der Waals surface area contributed by atoms with Crippen LogP contribution in [0.2, 0.25) is 0 Å². The molecule has 1 amide bonds. The maximum atomic E-state index is 12.7. The number of nitro groups is 1. The standard InChI is InChI=1S/C19H22N4O4/c1-20-17-8-3-14(13-18(17)23(25)26)19(24)22-11-9-21(10-12-22)15-4-6-16(27-2)7-5-15/h3-8,13,20H,9-12H2,1-2H3. The molecular formula is C19H22N4O4. The zero-order valence-corrected chi connectivity index (χ0v) is 15.3. The fraction of sp³-hybridized carbons (Fsp3) is 0.316. The normalized spacial score (nSPS) is 14.0. The van der Waals surface area contributed by atoms with Gasteiger partial charge in [0.1, 0.15) is 11.4 Å². The van der Waals surface area contributed by atoms with Crippen molar-refractivity contribution in [3.05, 3.63) is 58.1 Å². The molecule has 0 aliphatic carbocycles. The molecule has 0 unspecified atom stereocenters. The Morgan fingerprint density at radius 1 is 1.11 bits per heavy atom. The molecule has 27 heavy (non-hydrogen) atoms. The van der Waals surface area contributed by atoms with Gasteiger partial charge in [-0.15, -0.1) is 0 Å². The molecule has 1 aliphatic rings. The first-order valence-electron chi connectivity index (χ1n) is 8.68. The minimum Gasteiger partial charge on any atom is -0.497 e. The maximum absolute atomic E-state index is 12.7. The van der Waals surface area contributed by atoms with Crippen LogP contribution < -0.4 is 15.0 Å². The van der Waals surface area contributed by atoms with Crippen LogP contribution in [0, 0.1) is 10.1 Å². The van der Waals surface area contributed by atoms with E-state index in [0.717, 1.165) is 11.4 Å². The van der Waals surface area contributed by atoms with Gasteiger partial charge in [0, 0.05) is 50.5 Å². The number of nitrogens with one attached hydrogen (secondary N) is 1. The molecule has 8 heteroatoms. The second-order valence-electron chi connectivity index (χ2n) is 6.22. The largest absolute Gasteiger partial charge is 0.497 e. The van der Waals surface area contributed by atoms with E-state index in [9.17, 15) is 14.9 Å². The summed E-state index contributed by atoms with van der Waals surface area (Å²) >= 11 is 0. The zero-order chi connectivity index (χ0) is 19.4. The average molecular weight is 370 g/mol. The number of methoxy groups -OCH3 is 1. The average Bonchev–Trinajstić information content (AvgIpc) is 2.73. The molecule has 1 fully saturated rings. The first-order valence-corrected chi connectivity index (χ1v) is 8.68. The molecule has 0 spiro atoms. The second kappa shape index (κ2) is 7.94. The SMILES string of the molecule is CNc1ccc(C(=O)N2CCN(c3ccc(OC)cc3)CC2)cc1[N+](=O)[O-]. The van der Waals surface area contributed by atoms with Crippen LogP contribution in [-0.2, 0) is 0 Å². The van der Waals surface area contributed by atoms with Gasteiger partial charge in [-0.3, -0.25) is 14.9 Å². The van der Waals surface area contributed by atoms with Gasteiger partial charge in [0.2, 0.25) is 0 Å². The van der Waals surface area contributed by atoms with E-state index in [1.165, 1.54) is 6.07 Å². The van der Waals surface area contributed by atoms with Gasteiger partial charge < -0.3 is 19.9 Å². The monoisotopic (exact) mass is 370 g/mol. The number of carbonyl (C=O) groups is 1. The van der Waals surface area contributed by atoms with Gasteiger partial charge >= 0.3 is 0 Å². The molecule has 1 N–H and O–H groups in total. The zero-order valence-electron chi connectivity index (χ0n) is 15.3. The van der Waals surface area contributed by atoms with E-state index in [-0.39, 0.29) is 11.6 Å². The van der Waals surface area contributed by atoms with Crippen LogP contribution >= 0.6 is 0 Å². The Morgan fingerprint density at radius 2 is 1.78 bits per heavy atom. The van der Waals surface area contributed by atoms with Crippen molar-refractivity contribution in [2.75, 3.05) is 50.6 Å². The van der Waals surface area contributed by atoms with Crippen molar-refractivity contribution < 1.29 is 14.5 Å². The third-order valence-corrected chi connectivity index (χ3v) is 4.72. The molecule has 0 atom stereocenters. The summed E-state index contributed by atoms with van der Waals surface area (Å²) in [6.07, 6.45) is 0. The fourth-order valence-electron chi connectivity index (χ4n) is 3.17. The summed E-state index contributed by atoms with van der Waals surface area (Å²) in [6.45, 7) is 2.53. The van der Waals surface area contributed by atoms with Gasteiger partial charge in [-0.05, 0) is 36.4 Å². The minimum atomic E-state index is -0.482. The molecule has 2 aromatic carbocycles. The fourth-order valence-corrected chi connectivity index (χ4v) is 3.17. The van der Waals surface area contributed by atoms with E-state index in [1.54, 1.807) is 31.2 Å². The predicted octanol–water partition coefficient (Wildman–Crippen LogP) is 2.61. The summed E-state index contributed by atoms with van der Waals surface area (Å²) in [5.41, 5.74) is 1.71. The van der Waals surface area contributed by atoms with Crippen LogP contribution in [0.3, 0.4) is 0 Å². The number of benzene rings is 2. The number of nitrogens with zero attached hydrogens (tertiary/aromatic N) is 3. The lowest BCUT2D eigenvalue weighted by Crippen LogP contribution is -2.48. The molecule has 3 rings (SSSR count). The molecular weight excluding hydrogens is 348 g/mol. The van der Waals surface area contributed by atoms with E-state index in [2.05, 4.69) is 10.2 Å². The van der Waals surface area contributed by atoms with Crippen molar-refractivity contribution in [3.63, 3.8) is 0 Å². The second-order valence-corrected chi connectivity index (χ2v) is 6.22. The lowest BCUT2D eigenvalue weighted by atomic mass is 10.1. The smallest absolute Gasteiger partial charge is 0.293 e. The Balaban J connectivity index is 1.67. The Hall–Kier alpha value is -3.29. The van der Waals surface area contributed by atoms with Crippen LogP contribution in [0.15, 0.2) is 42.5 Å². The van der Waals surface area contributed by atoms with E-state index < -0.39 is 4.92 Å². The summed E-state index contributed by atoms with van der Waals surface area (Å²) in [7, 11) is 3.25. The lowest BCUT2D eigenvalue weighted by Gasteiger charge is -2.36. The van der Waals surface area contributed by atoms with E-state index in [0.29, 0.717) is 37.4 Å². The summed E-state index contributed by atoms with van der Waals surface area (Å²) < 4.78 is 5.17. The number of ether oxygens (including phenoxy) is 1. The Labute approximate surface area is 157 Å². The Morgan fingerprint density at radius 3 is 2.33 bits per heavy atom. The molecule has 8 nitrogen and oxygen atoms in total. The van der Waals surface area contributed by atoms with E-state index >= 15 is 0 Å². The molecule has 0 saturated carbocycles. The van der Waals surface area contributed by atoms with Gasteiger partial charge in [-0.1, -0.05) is 0 Å². The highest BCUT2D eigenvalue weighted by molar-refractivity contribution is 5.96. The van der Waals surface area contributed by atoms with Gasteiger partial charge in [-0.2, -0.15) is 0 Å². The Kier molecular flexibility index (Phi) is 5.44. The molecule has 1 saturated heterocycles. The number of carbonyl (C=O) groups excluding carboxylic acids is 1. The number of amides is 1. The summed E-state index contributed by atoms with van der Waals surface area (Å²) in [5.74, 6) is 0.620. The number of nitro benzene ring substituents is 1. The van der Waals surface area contributed by atoms with Crippen molar-refractivity contribution in [1.29, 1.82) is 0 Å². The topological polar surface area (TPSA) is 88.0 Å². The highest BCUT2D eigenvalue weighted by Gasteiger charge is 2.24. The predicted molar refractivity (Wildman–Crippen MR) is 104 cm³/mol. The number of rotatable bonds is 5. The summed E-state index contributed by atoms with van der Waals surface area (Å²) in [5, 5.41) is 14.0. The van der Waals surface area contributed by atoms with Crippen molar-refractivity contribution in [2.45, 2.75) is 0 Å². The number of anilines is 2. The third kappa shape index (κ3) is 3.94. The van der Waals surface area contributed by atoms with Crippen LogP contribution in [0.25, 0.3) is 0 Å². The minimum absolute atomic E-state index is 0.0970. The van der Waals surface area contributed by atoms with Crippen molar-refractivity contribution in [2.24, 2.45) is 0 Å². The molecule has 0 aromatic heterocycles. The van der Waals surface area contributed by atoms with Crippen LogP contribution in [0.4, 0.5) is 17.1 Å². The molecule has 0 bridgehead atoms. The van der Waals surface area contributed by atoms with Gasteiger partial charge in [0.25, 0.3) is 11.6 Å². The van der Waals surface area contributed by atoms with E-state index in [1.807, 2.05) is 24.3 Å². The molecule has 1 heterocycles. The highest BCUT2D eigenvalue weighted by Crippen LogP contribution is 2.26. The Bertz CT molecular complexity index is 830. The first-order chi connectivity index (χ1) is 13.0. The summed E-state index contributed by atoms with van der Waals surface area (Å²) in [6, 6.07) is 12.3. The molecule has 1 aliphatic heterocycles. The van der Waals surface area contributed by atoms with Crippen LogP contribution in [0.1, 0.15) is 10.4 Å². The number of hydrogen-bond donors (Lipinski definition) is 1. The number of hydrogen-bond acceptors (Lipinski definition) is 6. The first kappa shape index (κ1) is 18.5. The van der Waals surface area contributed by atoms with Gasteiger partial charge in [-0.25, -0.2) is 0 Å². The molecule has 2 aromatic rings. The molecule has 142 valence electrons. The highest BCUT2D eigenvalue weighted by atomic mass is 16.6. The lowest BCUT2D eigenvalue weighted by molar-refractivity contribution is -0.384. The van der Waals surface area contributed by atoms with Gasteiger partial charge in [0.05, 0.1) is 12.0 Å². The van der Waals surface area contributed by atoms with Crippen molar-refractivity contribution in [3.8, 4) is 5.75 Å². The maximum Gasteiger partial charge on any atom is 0.293 e. The number of piperazine rings is 1.